The fraction of sp³-hybridized carbons (Fsp3) is 0.235. The number of ketones is 1. The number of carbonyl (C=O) groups is 1. The molecule has 0 heterocycles. The number of carbonyl (C=O) groups excluding carboxylic acids is 1. The van der Waals surface area contributed by atoms with Gasteiger partial charge in [-0.25, -0.2) is 0 Å². The van der Waals surface area contributed by atoms with E-state index in [0.717, 1.165) is 10.5 Å². The van der Waals surface area contributed by atoms with Gasteiger partial charge in [0.1, 0.15) is 0 Å². The summed E-state index contributed by atoms with van der Waals surface area (Å²) in [5.74, 6) is 1.22. The first-order valence-electron chi connectivity index (χ1n) is 6.48. The summed E-state index contributed by atoms with van der Waals surface area (Å²) in [5, 5.41) is 0. The molecule has 0 unspecified atom stereocenters. The maximum absolute atomic E-state index is 12.0. The highest BCUT2D eigenvalue weighted by molar-refractivity contribution is 8.00. The van der Waals surface area contributed by atoms with Crippen LogP contribution in [-0.2, 0) is 0 Å². The van der Waals surface area contributed by atoms with E-state index in [4.69, 9.17) is 0 Å². The summed E-state index contributed by atoms with van der Waals surface area (Å²) in [6, 6.07) is 17.9. The maximum atomic E-state index is 12.0. The second-order valence-electron chi connectivity index (χ2n) is 4.80. The lowest BCUT2D eigenvalue weighted by atomic mass is 10.0. The first kappa shape index (κ1) is 13.9. The molecule has 0 bridgehead atoms. The molecule has 2 rings (SSSR count). The fourth-order valence-corrected chi connectivity index (χ4v) is 2.60. The van der Waals surface area contributed by atoms with Crippen LogP contribution in [0.3, 0.4) is 0 Å². The van der Waals surface area contributed by atoms with Crippen molar-refractivity contribution in [3.8, 4) is 0 Å². The van der Waals surface area contributed by atoms with Gasteiger partial charge in [-0.1, -0.05) is 56.3 Å². The minimum Gasteiger partial charge on any atom is -0.293 e. The van der Waals surface area contributed by atoms with E-state index in [-0.39, 0.29) is 5.78 Å². The number of hydrogen-bond donors (Lipinski definition) is 0. The number of Topliss-reactive ketones (excluding diaryl/α,β-unsaturated/α-hetero) is 1. The zero-order chi connectivity index (χ0) is 13.7. The highest BCUT2D eigenvalue weighted by Gasteiger charge is 2.06. The van der Waals surface area contributed by atoms with Gasteiger partial charge in [0.25, 0.3) is 0 Å². The molecule has 0 saturated carbocycles. The quantitative estimate of drug-likeness (QED) is 0.574. The molecular formula is C17H18OS. The normalized spacial score (nSPS) is 10.7. The van der Waals surface area contributed by atoms with Gasteiger partial charge in [0.15, 0.2) is 5.78 Å². The molecule has 19 heavy (non-hydrogen) atoms. The van der Waals surface area contributed by atoms with Crippen molar-refractivity contribution in [3.63, 3.8) is 0 Å². The van der Waals surface area contributed by atoms with E-state index >= 15 is 0 Å². The van der Waals surface area contributed by atoms with Crippen LogP contribution in [0.25, 0.3) is 0 Å². The average molecular weight is 270 g/mol. The Morgan fingerprint density at radius 1 is 1.00 bits per heavy atom. The molecule has 0 aliphatic rings. The average Bonchev–Trinajstić information content (AvgIpc) is 2.46. The van der Waals surface area contributed by atoms with Gasteiger partial charge in [-0.2, -0.15) is 0 Å². The summed E-state index contributed by atoms with van der Waals surface area (Å²) < 4.78 is 0. The molecule has 0 saturated heterocycles. The molecule has 0 spiro atoms. The monoisotopic (exact) mass is 270 g/mol. The minimum atomic E-state index is 0.179. The lowest BCUT2D eigenvalue weighted by Gasteiger charge is -2.06. The van der Waals surface area contributed by atoms with Gasteiger partial charge < -0.3 is 0 Å². The summed E-state index contributed by atoms with van der Waals surface area (Å²) in [5.41, 5.74) is 2.12. The van der Waals surface area contributed by atoms with E-state index in [9.17, 15) is 4.79 Å². The van der Waals surface area contributed by atoms with Crippen LogP contribution in [0.1, 0.15) is 35.7 Å². The molecule has 0 aliphatic heterocycles. The zero-order valence-corrected chi connectivity index (χ0v) is 12.1. The van der Waals surface area contributed by atoms with Crippen molar-refractivity contribution in [1.82, 2.24) is 0 Å². The van der Waals surface area contributed by atoms with Crippen molar-refractivity contribution < 1.29 is 4.79 Å². The molecule has 2 aromatic rings. The van der Waals surface area contributed by atoms with Crippen molar-refractivity contribution in [2.45, 2.75) is 24.7 Å². The van der Waals surface area contributed by atoms with Gasteiger partial charge >= 0.3 is 0 Å². The molecule has 0 atom stereocenters. The van der Waals surface area contributed by atoms with Gasteiger partial charge in [0, 0.05) is 10.5 Å². The Kier molecular flexibility index (Phi) is 4.80. The van der Waals surface area contributed by atoms with Crippen LogP contribution in [0.4, 0.5) is 0 Å². The van der Waals surface area contributed by atoms with Gasteiger partial charge in [0.2, 0.25) is 0 Å². The van der Waals surface area contributed by atoms with E-state index in [1.807, 2.05) is 30.3 Å². The number of thioether (sulfide) groups is 1. The van der Waals surface area contributed by atoms with Gasteiger partial charge in [-0.05, 0) is 23.6 Å². The molecule has 0 aromatic heterocycles. The lowest BCUT2D eigenvalue weighted by Crippen LogP contribution is -2.01. The second-order valence-corrected chi connectivity index (χ2v) is 5.85. The lowest BCUT2D eigenvalue weighted by molar-refractivity contribution is 0.102. The zero-order valence-electron chi connectivity index (χ0n) is 11.3. The summed E-state index contributed by atoms with van der Waals surface area (Å²) in [6.07, 6.45) is 0. The Morgan fingerprint density at radius 3 is 2.21 bits per heavy atom. The topological polar surface area (TPSA) is 17.1 Å². The molecule has 0 N–H and O–H groups in total. The Labute approximate surface area is 119 Å². The predicted octanol–water partition coefficient (Wildman–Crippen LogP) is 4.79. The largest absolute Gasteiger partial charge is 0.293 e. The number of hydrogen-bond acceptors (Lipinski definition) is 2. The van der Waals surface area contributed by atoms with E-state index in [1.54, 1.807) is 11.8 Å². The molecule has 0 amide bonds. The van der Waals surface area contributed by atoms with Gasteiger partial charge in [-0.15, -0.1) is 11.8 Å². The Morgan fingerprint density at radius 2 is 1.63 bits per heavy atom. The van der Waals surface area contributed by atoms with Crippen molar-refractivity contribution in [2.75, 3.05) is 5.75 Å². The molecule has 98 valence electrons. The second kappa shape index (κ2) is 6.58. The Hall–Kier alpha value is -1.54. The molecule has 1 nitrogen and oxygen atoms in total. The Bertz CT molecular complexity index is 529. The summed E-state index contributed by atoms with van der Waals surface area (Å²) in [4.78, 5) is 13.1. The van der Waals surface area contributed by atoms with Crippen molar-refractivity contribution >= 4 is 17.5 Å². The van der Waals surface area contributed by atoms with E-state index < -0.39 is 0 Å². The third-order valence-corrected chi connectivity index (χ3v) is 4.02. The fourth-order valence-electron chi connectivity index (χ4n) is 1.81. The first-order valence-corrected chi connectivity index (χ1v) is 7.46. The third kappa shape index (κ3) is 3.97. The van der Waals surface area contributed by atoms with Crippen molar-refractivity contribution in [3.05, 3.63) is 65.7 Å². The first-order chi connectivity index (χ1) is 9.16. The summed E-state index contributed by atoms with van der Waals surface area (Å²) in [6.45, 7) is 4.36. The smallest absolute Gasteiger partial charge is 0.173 e. The molecular weight excluding hydrogens is 252 g/mol. The highest BCUT2D eigenvalue weighted by Crippen LogP contribution is 2.22. The Balaban J connectivity index is 1.94. The van der Waals surface area contributed by atoms with Crippen molar-refractivity contribution in [1.29, 1.82) is 0 Å². The summed E-state index contributed by atoms with van der Waals surface area (Å²) >= 11 is 1.59. The molecule has 0 aliphatic carbocycles. The maximum Gasteiger partial charge on any atom is 0.173 e. The van der Waals surface area contributed by atoms with Crippen molar-refractivity contribution in [2.24, 2.45) is 0 Å². The number of benzene rings is 2. The standard InChI is InChI=1S/C17H18OS/c1-13(2)14-8-10-16(11-9-14)19-12-17(18)15-6-4-3-5-7-15/h3-11,13H,12H2,1-2H3. The van der Waals surface area contributed by atoms with Gasteiger partial charge in [0.05, 0.1) is 5.75 Å². The van der Waals surface area contributed by atoms with E-state index in [2.05, 4.69) is 38.1 Å². The summed E-state index contributed by atoms with van der Waals surface area (Å²) in [7, 11) is 0. The van der Waals surface area contributed by atoms with Crippen LogP contribution in [0.15, 0.2) is 59.5 Å². The van der Waals surface area contributed by atoms with Crippen LogP contribution < -0.4 is 0 Å². The highest BCUT2D eigenvalue weighted by atomic mass is 32.2. The molecule has 0 radical (unpaired) electrons. The number of rotatable bonds is 5. The molecule has 2 aromatic carbocycles. The third-order valence-electron chi connectivity index (χ3n) is 3.01. The van der Waals surface area contributed by atoms with Crippen LogP contribution in [0.5, 0.6) is 0 Å². The molecule has 0 fully saturated rings. The van der Waals surface area contributed by atoms with Crippen LogP contribution in [0, 0.1) is 0 Å². The van der Waals surface area contributed by atoms with Crippen LogP contribution >= 0.6 is 11.8 Å². The van der Waals surface area contributed by atoms with Crippen LogP contribution in [-0.4, -0.2) is 11.5 Å². The van der Waals surface area contributed by atoms with Crippen LogP contribution in [0.2, 0.25) is 0 Å². The van der Waals surface area contributed by atoms with E-state index in [1.165, 1.54) is 5.56 Å². The van der Waals surface area contributed by atoms with E-state index in [0.29, 0.717) is 11.7 Å². The predicted molar refractivity (Wildman–Crippen MR) is 82.0 cm³/mol. The SMILES string of the molecule is CC(C)c1ccc(SCC(=O)c2ccccc2)cc1. The van der Waals surface area contributed by atoms with Gasteiger partial charge in [-0.3, -0.25) is 4.79 Å². The minimum absolute atomic E-state index is 0.179. The molecule has 2 heteroatoms.